The van der Waals surface area contributed by atoms with Crippen molar-refractivity contribution in [3.05, 3.63) is 11.8 Å². The maximum Gasteiger partial charge on any atom is 0.211 e. The van der Waals surface area contributed by atoms with Crippen molar-refractivity contribution < 1.29 is 9.84 Å². The van der Waals surface area contributed by atoms with Gasteiger partial charge in [0.1, 0.15) is 0 Å². The van der Waals surface area contributed by atoms with Gasteiger partial charge in [0.05, 0.1) is 19.4 Å². The van der Waals surface area contributed by atoms with Gasteiger partial charge in [-0.25, -0.2) is 4.68 Å². The van der Waals surface area contributed by atoms with E-state index in [0.717, 1.165) is 6.54 Å². The first kappa shape index (κ1) is 8.07. The van der Waals surface area contributed by atoms with Crippen LogP contribution in [0.4, 0.5) is 0 Å². The Bertz CT molecular complexity index is 211. The van der Waals surface area contributed by atoms with Gasteiger partial charge in [0, 0.05) is 12.6 Å². The third-order valence-corrected chi connectivity index (χ3v) is 1.46. The maximum atomic E-state index is 8.74. The Morgan fingerprint density at radius 2 is 2.45 bits per heavy atom. The Balaban J connectivity index is 2.92. The van der Waals surface area contributed by atoms with Crippen molar-refractivity contribution in [3.8, 4) is 5.88 Å². The molecule has 0 aliphatic heterocycles. The van der Waals surface area contributed by atoms with Gasteiger partial charge in [0.25, 0.3) is 0 Å². The molecule has 0 spiro atoms. The highest BCUT2D eigenvalue weighted by Crippen LogP contribution is 2.12. The lowest BCUT2D eigenvalue weighted by Gasteiger charge is -2.00. The number of aromatic nitrogens is 2. The van der Waals surface area contributed by atoms with E-state index in [2.05, 4.69) is 5.10 Å². The van der Waals surface area contributed by atoms with Crippen molar-refractivity contribution in [1.82, 2.24) is 9.78 Å². The number of ether oxygens (including phenoxy) is 1. The van der Waals surface area contributed by atoms with Gasteiger partial charge in [-0.05, 0) is 6.92 Å². The second kappa shape index (κ2) is 3.39. The second-order valence-corrected chi connectivity index (χ2v) is 2.15. The summed E-state index contributed by atoms with van der Waals surface area (Å²) in [5.41, 5.74) is 0.642. The van der Waals surface area contributed by atoms with Crippen molar-refractivity contribution in [1.29, 1.82) is 0 Å². The molecule has 4 heteroatoms. The number of methoxy groups -OCH3 is 1. The number of rotatable bonds is 3. The normalized spacial score (nSPS) is 10.1. The molecule has 0 saturated carbocycles. The first-order valence-electron chi connectivity index (χ1n) is 3.53. The largest absolute Gasteiger partial charge is 0.481 e. The van der Waals surface area contributed by atoms with Crippen molar-refractivity contribution in [2.24, 2.45) is 0 Å². The minimum absolute atomic E-state index is 0.0383. The Hall–Kier alpha value is -1.03. The molecule has 1 aromatic heterocycles. The average Bonchev–Trinajstić information content (AvgIpc) is 2.46. The second-order valence-electron chi connectivity index (χ2n) is 2.15. The molecule has 1 rings (SSSR count). The van der Waals surface area contributed by atoms with Crippen LogP contribution in [0.3, 0.4) is 0 Å². The maximum absolute atomic E-state index is 8.74. The van der Waals surface area contributed by atoms with Crippen LogP contribution in [-0.2, 0) is 13.2 Å². The standard InChI is InChI=1S/C7H12N2O2/c1-3-9-7(11-2)4-6(5-10)8-9/h4,10H,3,5H2,1-2H3. The zero-order chi connectivity index (χ0) is 8.27. The summed E-state index contributed by atoms with van der Waals surface area (Å²) >= 11 is 0. The number of nitrogens with zero attached hydrogens (tertiary/aromatic N) is 2. The van der Waals surface area contributed by atoms with Gasteiger partial charge in [-0.3, -0.25) is 0 Å². The van der Waals surface area contributed by atoms with E-state index in [0.29, 0.717) is 11.6 Å². The fourth-order valence-electron chi connectivity index (χ4n) is 0.918. The molecule has 0 fully saturated rings. The zero-order valence-corrected chi connectivity index (χ0v) is 6.74. The van der Waals surface area contributed by atoms with Crippen LogP contribution >= 0.6 is 0 Å². The summed E-state index contributed by atoms with van der Waals surface area (Å²) in [6.45, 7) is 2.68. The number of aryl methyl sites for hydroxylation is 1. The van der Waals surface area contributed by atoms with Crippen molar-refractivity contribution >= 4 is 0 Å². The quantitative estimate of drug-likeness (QED) is 0.689. The van der Waals surface area contributed by atoms with E-state index in [4.69, 9.17) is 9.84 Å². The van der Waals surface area contributed by atoms with Crippen LogP contribution in [0.5, 0.6) is 5.88 Å². The lowest BCUT2D eigenvalue weighted by atomic mass is 10.5. The van der Waals surface area contributed by atoms with E-state index in [9.17, 15) is 0 Å². The lowest BCUT2D eigenvalue weighted by Crippen LogP contribution is -2.00. The molecule has 1 heterocycles. The first-order chi connectivity index (χ1) is 5.31. The topological polar surface area (TPSA) is 47.3 Å². The predicted molar refractivity (Wildman–Crippen MR) is 40.4 cm³/mol. The van der Waals surface area contributed by atoms with Crippen molar-refractivity contribution in [2.45, 2.75) is 20.1 Å². The van der Waals surface area contributed by atoms with Gasteiger partial charge in [0.2, 0.25) is 5.88 Å². The Morgan fingerprint density at radius 1 is 1.73 bits per heavy atom. The highest BCUT2D eigenvalue weighted by atomic mass is 16.5. The number of hydrogen-bond donors (Lipinski definition) is 1. The van der Waals surface area contributed by atoms with Crippen LogP contribution in [0.1, 0.15) is 12.6 Å². The molecule has 62 valence electrons. The third-order valence-electron chi connectivity index (χ3n) is 1.46. The van der Waals surface area contributed by atoms with Crippen LogP contribution in [-0.4, -0.2) is 22.0 Å². The number of aliphatic hydroxyl groups excluding tert-OH is 1. The smallest absolute Gasteiger partial charge is 0.211 e. The summed E-state index contributed by atoms with van der Waals surface area (Å²) in [7, 11) is 1.59. The average molecular weight is 156 g/mol. The highest BCUT2D eigenvalue weighted by molar-refractivity contribution is 5.15. The van der Waals surface area contributed by atoms with Gasteiger partial charge in [0.15, 0.2) is 0 Å². The van der Waals surface area contributed by atoms with Crippen LogP contribution in [0.15, 0.2) is 6.07 Å². The van der Waals surface area contributed by atoms with Gasteiger partial charge >= 0.3 is 0 Å². The number of aliphatic hydroxyl groups is 1. The molecule has 0 amide bonds. The molecule has 0 radical (unpaired) electrons. The van der Waals surface area contributed by atoms with E-state index in [1.54, 1.807) is 17.9 Å². The number of hydrogen-bond acceptors (Lipinski definition) is 3. The molecule has 0 unspecified atom stereocenters. The molecule has 0 aromatic carbocycles. The van der Waals surface area contributed by atoms with Gasteiger partial charge in [-0.1, -0.05) is 0 Å². The highest BCUT2D eigenvalue weighted by Gasteiger charge is 2.04. The molecule has 0 aliphatic rings. The molecule has 1 aromatic rings. The van der Waals surface area contributed by atoms with Gasteiger partial charge in [-0.15, -0.1) is 0 Å². The molecular formula is C7H12N2O2. The SMILES string of the molecule is CCn1nc(CO)cc1OC. The predicted octanol–water partition coefficient (Wildman–Crippen LogP) is 0.404. The molecule has 0 aliphatic carbocycles. The monoisotopic (exact) mass is 156 g/mol. The van der Waals surface area contributed by atoms with Crippen LogP contribution in [0, 0.1) is 0 Å². The van der Waals surface area contributed by atoms with Crippen molar-refractivity contribution in [3.63, 3.8) is 0 Å². The molecule has 1 N–H and O–H groups in total. The van der Waals surface area contributed by atoms with Crippen LogP contribution in [0.2, 0.25) is 0 Å². The van der Waals surface area contributed by atoms with Gasteiger partial charge < -0.3 is 9.84 Å². The van der Waals surface area contributed by atoms with E-state index in [-0.39, 0.29) is 6.61 Å². The molecule has 11 heavy (non-hydrogen) atoms. The summed E-state index contributed by atoms with van der Waals surface area (Å²) in [5.74, 6) is 0.691. The summed E-state index contributed by atoms with van der Waals surface area (Å²) in [6, 6.07) is 1.73. The minimum atomic E-state index is -0.0383. The van der Waals surface area contributed by atoms with E-state index in [1.807, 2.05) is 6.92 Å². The molecular weight excluding hydrogens is 144 g/mol. The first-order valence-corrected chi connectivity index (χ1v) is 3.53. The summed E-state index contributed by atoms with van der Waals surface area (Å²) in [4.78, 5) is 0. The Morgan fingerprint density at radius 3 is 2.82 bits per heavy atom. The molecule has 0 bridgehead atoms. The Labute approximate surface area is 65.4 Å². The Kier molecular flexibility index (Phi) is 2.48. The molecule has 0 atom stereocenters. The van der Waals surface area contributed by atoms with Gasteiger partial charge in [-0.2, -0.15) is 5.10 Å². The summed E-state index contributed by atoms with van der Waals surface area (Å²) in [5, 5.41) is 12.8. The third kappa shape index (κ3) is 1.51. The van der Waals surface area contributed by atoms with Crippen LogP contribution in [0.25, 0.3) is 0 Å². The van der Waals surface area contributed by atoms with Crippen LogP contribution < -0.4 is 4.74 Å². The summed E-state index contributed by atoms with van der Waals surface area (Å²) in [6.07, 6.45) is 0. The summed E-state index contributed by atoms with van der Waals surface area (Å²) < 4.78 is 6.71. The fourth-order valence-corrected chi connectivity index (χ4v) is 0.918. The minimum Gasteiger partial charge on any atom is -0.481 e. The van der Waals surface area contributed by atoms with E-state index in [1.165, 1.54) is 0 Å². The van der Waals surface area contributed by atoms with Crippen molar-refractivity contribution in [2.75, 3.05) is 7.11 Å². The van der Waals surface area contributed by atoms with E-state index >= 15 is 0 Å². The van der Waals surface area contributed by atoms with E-state index < -0.39 is 0 Å². The lowest BCUT2D eigenvalue weighted by molar-refractivity contribution is 0.275. The fraction of sp³-hybridized carbons (Fsp3) is 0.571. The molecule has 0 saturated heterocycles. The molecule has 4 nitrogen and oxygen atoms in total. The zero-order valence-electron chi connectivity index (χ0n) is 6.74.